The molecule has 1 N–H and O–H groups in total. The first-order valence-electron chi connectivity index (χ1n) is 8.04. The van der Waals surface area contributed by atoms with Gasteiger partial charge in [-0.15, -0.1) is 0 Å². The molecule has 132 valence electrons. The lowest BCUT2D eigenvalue weighted by Crippen LogP contribution is -2.51. The number of carboxylic acids is 1. The molecule has 1 aromatic carbocycles. The van der Waals surface area contributed by atoms with E-state index in [4.69, 9.17) is 19.3 Å². The number of carboxylic acid groups (broad SMARTS) is 1. The summed E-state index contributed by atoms with van der Waals surface area (Å²) in [5.74, 6) is 0.128. The average molecular weight is 337 g/mol. The molecule has 1 aliphatic rings. The normalized spacial score (nSPS) is 17.4. The van der Waals surface area contributed by atoms with Crippen molar-refractivity contribution in [3.63, 3.8) is 0 Å². The molecule has 0 aliphatic carbocycles. The first-order chi connectivity index (χ1) is 11.6. The van der Waals surface area contributed by atoms with Crippen LogP contribution in [0.25, 0.3) is 0 Å². The Hall–Kier alpha value is -2.28. The number of benzene rings is 1. The number of aliphatic carboxylic acids is 1. The minimum absolute atomic E-state index is 0.130. The SMILES string of the molecule is CCCOc1ccc(OCC(=O)N2CCOCC2CC(=O)O)cc1. The van der Waals surface area contributed by atoms with Gasteiger partial charge in [-0.25, -0.2) is 0 Å². The molecule has 1 amide bonds. The topological polar surface area (TPSA) is 85.3 Å². The van der Waals surface area contributed by atoms with E-state index in [0.29, 0.717) is 25.5 Å². The molecule has 7 heteroatoms. The summed E-state index contributed by atoms with van der Waals surface area (Å²) in [4.78, 5) is 24.7. The number of hydrogen-bond acceptors (Lipinski definition) is 5. The van der Waals surface area contributed by atoms with Crippen molar-refractivity contribution < 1.29 is 28.9 Å². The van der Waals surface area contributed by atoms with Crippen molar-refractivity contribution in [3.8, 4) is 11.5 Å². The molecule has 1 aliphatic heterocycles. The second kappa shape index (κ2) is 9.12. The van der Waals surface area contributed by atoms with E-state index in [-0.39, 0.29) is 25.5 Å². The van der Waals surface area contributed by atoms with E-state index in [9.17, 15) is 9.59 Å². The fourth-order valence-electron chi connectivity index (χ4n) is 2.43. The quantitative estimate of drug-likeness (QED) is 0.775. The number of amides is 1. The molecule has 1 aromatic rings. The van der Waals surface area contributed by atoms with E-state index in [1.807, 2.05) is 6.92 Å². The molecule has 1 atom stereocenters. The zero-order valence-electron chi connectivity index (χ0n) is 13.8. The highest BCUT2D eigenvalue weighted by atomic mass is 16.5. The first-order valence-corrected chi connectivity index (χ1v) is 8.04. The van der Waals surface area contributed by atoms with Gasteiger partial charge in [-0.3, -0.25) is 9.59 Å². The predicted octanol–water partition coefficient (Wildman–Crippen LogP) is 1.56. The fraction of sp³-hybridized carbons (Fsp3) is 0.529. The van der Waals surface area contributed by atoms with Gasteiger partial charge in [-0.1, -0.05) is 6.92 Å². The molecule has 0 radical (unpaired) electrons. The average Bonchev–Trinajstić information content (AvgIpc) is 2.58. The Labute approximate surface area is 141 Å². The lowest BCUT2D eigenvalue weighted by atomic mass is 10.1. The Morgan fingerprint density at radius 3 is 2.54 bits per heavy atom. The monoisotopic (exact) mass is 337 g/mol. The minimum Gasteiger partial charge on any atom is -0.494 e. The van der Waals surface area contributed by atoms with Gasteiger partial charge in [0.15, 0.2) is 6.61 Å². The van der Waals surface area contributed by atoms with E-state index in [0.717, 1.165) is 12.2 Å². The first kappa shape index (κ1) is 18.1. The van der Waals surface area contributed by atoms with Gasteiger partial charge in [0.1, 0.15) is 11.5 Å². The van der Waals surface area contributed by atoms with Crippen molar-refractivity contribution in [1.29, 1.82) is 0 Å². The molecule has 24 heavy (non-hydrogen) atoms. The van der Waals surface area contributed by atoms with Crippen LogP contribution in [0.4, 0.5) is 0 Å². The van der Waals surface area contributed by atoms with Gasteiger partial charge in [0.2, 0.25) is 0 Å². The maximum absolute atomic E-state index is 12.3. The van der Waals surface area contributed by atoms with Gasteiger partial charge in [0.25, 0.3) is 5.91 Å². The van der Waals surface area contributed by atoms with E-state index in [1.165, 1.54) is 4.90 Å². The number of nitrogens with zero attached hydrogens (tertiary/aromatic N) is 1. The Morgan fingerprint density at radius 2 is 1.92 bits per heavy atom. The van der Waals surface area contributed by atoms with Gasteiger partial charge in [0, 0.05) is 6.54 Å². The minimum atomic E-state index is -0.952. The van der Waals surface area contributed by atoms with E-state index >= 15 is 0 Å². The third kappa shape index (κ3) is 5.42. The van der Waals surface area contributed by atoms with Gasteiger partial charge >= 0.3 is 5.97 Å². The standard InChI is InChI=1S/C17H23NO6/c1-2-8-23-14-3-5-15(6-4-14)24-12-16(19)18-7-9-22-11-13(18)10-17(20)21/h3-6,13H,2,7-12H2,1H3,(H,20,21). The number of rotatable bonds is 8. The number of carbonyl (C=O) groups is 2. The smallest absolute Gasteiger partial charge is 0.305 e. The van der Waals surface area contributed by atoms with Crippen molar-refractivity contribution in [3.05, 3.63) is 24.3 Å². The van der Waals surface area contributed by atoms with Crippen LogP contribution in [0.3, 0.4) is 0 Å². The van der Waals surface area contributed by atoms with Crippen LogP contribution in [0.15, 0.2) is 24.3 Å². The van der Waals surface area contributed by atoms with Gasteiger partial charge < -0.3 is 24.2 Å². The molecule has 7 nitrogen and oxygen atoms in total. The van der Waals surface area contributed by atoms with Crippen molar-refractivity contribution in [2.24, 2.45) is 0 Å². The van der Waals surface area contributed by atoms with Crippen molar-refractivity contribution in [1.82, 2.24) is 4.90 Å². The molecule has 0 spiro atoms. The summed E-state index contributed by atoms with van der Waals surface area (Å²) in [5.41, 5.74) is 0. The Morgan fingerprint density at radius 1 is 1.25 bits per heavy atom. The van der Waals surface area contributed by atoms with Crippen LogP contribution in [0.2, 0.25) is 0 Å². The summed E-state index contributed by atoms with van der Waals surface area (Å²) in [6.45, 7) is 3.58. The zero-order chi connectivity index (χ0) is 17.4. The van der Waals surface area contributed by atoms with Crippen LogP contribution in [-0.2, 0) is 14.3 Å². The number of hydrogen-bond donors (Lipinski definition) is 1. The van der Waals surface area contributed by atoms with Gasteiger partial charge in [-0.05, 0) is 30.7 Å². The summed E-state index contributed by atoms with van der Waals surface area (Å²) in [6.07, 6.45) is 0.805. The summed E-state index contributed by atoms with van der Waals surface area (Å²) in [5, 5.41) is 8.92. The number of morpholine rings is 1. The lowest BCUT2D eigenvalue weighted by Gasteiger charge is -2.34. The lowest BCUT2D eigenvalue weighted by molar-refractivity contribution is -0.147. The van der Waals surface area contributed by atoms with Crippen LogP contribution < -0.4 is 9.47 Å². The van der Waals surface area contributed by atoms with Crippen molar-refractivity contribution in [2.45, 2.75) is 25.8 Å². The summed E-state index contributed by atoms with van der Waals surface area (Å²) in [6, 6.07) is 6.62. The van der Waals surface area contributed by atoms with Gasteiger partial charge in [0.05, 0.1) is 32.3 Å². The molecule has 0 aromatic heterocycles. The highest BCUT2D eigenvalue weighted by molar-refractivity contribution is 5.79. The molecule has 0 bridgehead atoms. The van der Waals surface area contributed by atoms with Crippen LogP contribution in [0.1, 0.15) is 19.8 Å². The molecule has 1 saturated heterocycles. The molecule has 1 fully saturated rings. The zero-order valence-corrected chi connectivity index (χ0v) is 13.8. The predicted molar refractivity (Wildman–Crippen MR) is 86.3 cm³/mol. The maximum atomic E-state index is 12.3. The van der Waals surface area contributed by atoms with Crippen LogP contribution in [0.5, 0.6) is 11.5 Å². The van der Waals surface area contributed by atoms with E-state index < -0.39 is 12.0 Å². The molecule has 1 heterocycles. The molecular formula is C17H23NO6. The Balaban J connectivity index is 1.85. The van der Waals surface area contributed by atoms with Crippen LogP contribution in [0, 0.1) is 0 Å². The summed E-state index contributed by atoms with van der Waals surface area (Å²) >= 11 is 0. The summed E-state index contributed by atoms with van der Waals surface area (Å²) in [7, 11) is 0. The highest BCUT2D eigenvalue weighted by Gasteiger charge is 2.29. The Bertz CT molecular complexity index is 545. The van der Waals surface area contributed by atoms with Gasteiger partial charge in [-0.2, -0.15) is 0 Å². The third-order valence-electron chi connectivity index (χ3n) is 3.62. The van der Waals surface area contributed by atoms with E-state index in [1.54, 1.807) is 24.3 Å². The molecule has 0 saturated carbocycles. The number of carbonyl (C=O) groups excluding carboxylic acids is 1. The molecule has 1 unspecified atom stereocenters. The summed E-state index contributed by atoms with van der Waals surface area (Å²) < 4.78 is 16.2. The Kier molecular flexibility index (Phi) is 6.87. The fourth-order valence-corrected chi connectivity index (χ4v) is 2.43. The maximum Gasteiger partial charge on any atom is 0.305 e. The molecular weight excluding hydrogens is 314 g/mol. The molecule has 2 rings (SSSR count). The van der Waals surface area contributed by atoms with Crippen molar-refractivity contribution in [2.75, 3.05) is 33.0 Å². The number of ether oxygens (including phenoxy) is 3. The highest BCUT2D eigenvalue weighted by Crippen LogP contribution is 2.18. The van der Waals surface area contributed by atoms with Crippen LogP contribution >= 0.6 is 0 Å². The largest absolute Gasteiger partial charge is 0.494 e. The van der Waals surface area contributed by atoms with Crippen molar-refractivity contribution >= 4 is 11.9 Å². The second-order valence-electron chi connectivity index (χ2n) is 5.52. The second-order valence-corrected chi connectivity index (χ2v) is 5.52. The van der Waals surface area contributed by atoms with Crippen LogP contribution in [-0.4, -0.2) is 60.9 Å². The van der Waals surface area contributed by atoms with E-state index in [2.05, 4.69) is 0 Å². The third-order valence-corrected chi connectivity index (χ3v) is 3.62.